The first kappa shape index (κ1) is 26.9. The molecular weight excluding hydrogens is 493 g/mol. The summed E-state index contributed by atoms with van der Waals surface area (Å²) in [5, 5.41) is 19.9. The molecule has 5 rings (SSSR count). The Hall–Kier alpha value is -3.67. The van der Waals surface area contributed by atoms with Gasteiger partial charge in [-0.25, -0.2) is 9.38 Å². The minimum Gasteiger partial charge on any atom is -0.504 e. The first-order valence-corrected chi connectivity index (χ1v) is 13.9. The Balaban J connectivity index is 1.55. The number of fused-ring (bicyclic) bond motifs is 1. The molecule has 5 nitrogen and oxygen atoms in total. The van der Waals surface area contributed by atoms with Crippen molar-refractivity contribution in [3.05, 3.63) is 88.6 Å². The van der Waals surface area contributed by atoms with Crippen LogP contribution in [0.2, 0.25) is 0 Å². The van der Waals surface area contributed by atoms with Crippen molar-refractivity contribution in [2.75, 3.05) is 7.11 Å². The van der Waals surface area contributed by atoms with Crippen molar-refractivity contribution in [3.63, 3.8) is 0 Å². The Bertz CT molecular complexity index is 1380. The molecule has 2 aliphatic carbocycles. The number of phenolic OH excluding ortho intramolecular Hbond substituents is 2. The number of benzene rings is 2. The molecule has 0 radical (unpaired) electrons. The lowest BCUT2D eigenvalue weighted by Gasteiger charge is -2.21. The molecule has 1 saturated carbocycles. The third kappa shape index (κ3) is 5.85. The monoisotopic (exact) mass is 529 g/mol. The van der Waals surface area contributed by atoms with Crippen molar-refractivity contribution in [3.8, 4) is 11.5 Å². The van der Waals surface area contributed by atoms with Gasteiger partial charge in [0.05, 0.1) is 12.9 Å². The van der Waals surface area contributed by atoms with Gasteiger partial charge < -0.3 is 14.9 Å². The number of carbonyl (C=O) groups is 1. The van der Waals surface area contributed by atoms with Gasteiger partial charge in [0.15, 0.2) is 17.3 Å². The molecule has 1 fully saturated rings. The number of aryl methyl sites for hydroxylation is 1. The SMILES string of the molecule is COC1=CC=CC2=NC(C(=O)C(CCC3CCCC3)Cc3ccc(O)c(O)c3)=C(c3ccc(F)c(C)c3)C2C1. The summed E-state index contributed by atoms with van der Waals surface area (Å²) >= 11 is 0. The minimum absolute atomic E-state index is 0.0329. The lowest BCUT2D eigenvalue weighted by atomic mass is 9.82. The maximum Gasteiger partial charge on any atom is 0.184 e. The predicted octanol–water partition coefficient (Wildman–Crippen LogP) is 7.22. The normalized spacial score (nSPS) is 19.9. The second-order valence-corrected chi connectivity index (χ2v) is 11.0. The van der Waals surface area contributed by atoms with Crippen LogP contribution in [-0.2, 0) is 16.0 Å². The molecule has 2 aromatic carbocycles. The smallest absolute Gasteiger partial charge is 0.184 e. The van der Waals surface area contributed by atoms with Crippen LogP contribution in [0.25, 0.3) is 5.57 Å². The Labute approximate surface area is 229 Å². The summed E-state index contributed by atoms with van der Waals surface area (Å²) in [6.07, 6.45) is 13.3. The van der Waals surface area contributed by atoms with Crippen LogP contribution in [0.1, 0.15) is 61.6 Å². The Morgan fingerprint density at radius 1 is 1.13 bits per heavy atom. The number of allylic oxidation sites excluding steroid dienone is 6. The zero-order valence-electron chi connectivity index (χ0n) is 22.6. The van der Waals surface area contributed by atoms with Crippen molar-refractivity contribution in [1.82, 2.24) is 0 Å². The van der Waals surface area contributed by atoms with Gasteiger partial charge in [-0.2, -0.15) is 0 Å². The van der Waals surface area contributed by atoms with E-state index in [9.17, 15) is 19.4 Å². The summed E-state index contributed by atoms with van der Waals surface area (Å²) in [7, 11) is 1.64. The Morgan fingerprint density at radius 2 is 1.92 bits per heavy atom. The number of nitrogens with zero attached hydrogens (tertiary/aromatic N) is 1. The van der Waals surface area contributed by atoms with Crippen molar-refractivity contribution in [1.29, 1.82) is 0 Å². The van der Waals surface area contributed by atoms with E-state index in [2.05, 4.69) is 0 Å². The standard InChI is InChI=1S/C33H36FNO4/c1-20-16-23(13-14-27(20)34)31-26-19-25(39-2)8-5-9-28(26)35-32(31)33(38)24(12-10-21-6-3-4-7-21)17-22-11-15-29(36)30(37)18-22/h5,8-9,11,13-16,18,21,24,26,36-37H,3-4,6-7,10,12,17,19H2,1-2H3. The lowest BCUT2D eigenvalue weighted by molar-refractivity contribution is -0.119. The van der Waals surface area contributed by atoms with E-state index >= 15 is 0 Å². The van der Waals surface area contributed by atoms with E-state index in [0.717, 1.165) is 41.0 Å². The first-order valence-electron chi connectivity index (χ1n) is 13.9. The Kier molecular flexibility index (Phi) is 8.01. The molecule has 6 heteroatoms. The zero-order chi connectivity index (χ0) is 27.5. The van der Waals surface area contributed by atoms with Crippen molar-refractivity contribution in [2.24, 2.45) is 22.7 Å². The molecule has 39 heavy (non-hydrogen) atoms. The highest BCUT2D eigenvalue weighted by molar-refractivity contribution is 6.17. The quantitative estimate of drug-likeness (QED) is 0.336. The van der Waals surface area contributed by atoms with Crippen molar-refractivity contribution >= 4 is 17.1 Å². The molecule has 0 aromatic heterocycles. The molecular formula is C33H36FNO4. The van der Waals surface area contributed by atoms with Crippen LogP contribution in [-0.4, -0.2) is 28.8 Å². The number of phenols is 2. The van der Waals surface area contributed by atoms with Crippen LogP contribution >= 0.6 is 0 Å². The molecule has 0 bridgehead atoms. The van der Waals surface area contributed by atoms with Crippen LogP contribution in [0, 0.1) is 30.5 Å². The van der Waals surface area contributed by atoms with E-state index in [-0.39, 0.29) is 34.9 Å². The maximum absolute atomic E-state index is 14.4. The number of aliphatic imine (C=N–C) groups is 1. The fourth-order valence-electron chi connectivity index (χ4n) is 6.19. The summed E-state index contributed by atoms with van der Waals surface area (Å²) in [6.45, 7) is 1.73. The summed E-state index contributed by atoms with van der Waals surface area (Å²) in [5.74, 6) is 0.217. The van der Waals surface area contributed by atoms with Gasteiger partial charge >= 0.3 is 0 Å². The molecule has 2 aromatic rings. The lowest BCUT2D eigenvalue weighted by Crippen LogP contribution is -2.20. The van der Waals surface area contributed by atoms with Gasteiger partial charge in [-0.15, -0.1) is 0 Å². The fraction of sp³-hybridized carbons (Fsp3) is 0.394. The van der Waals surface area contributed by atoms with Gasteiger partial charge in [-0.05, 0) is 90.8 Å². The molecule has 2 N–H and O–H groups in total. The highest BCUT2D eigenvalue weighted by Gasteiger charge is 2.37. The second kappa shape index (κ2) is 11.6. The Morgan fingerprint density at radius 3 is 2.64 bits per heavy atom. The van der Waals surface area contributed by atoms with Crippen molar-refractivity contribution in [2.45, 2.75) is 58.3 Å². The van der Waals surface area contributed by atoms with Gasteiger partial charge in [-0.1, -0.05) is 43.9 Å². The van der Waals surface area contributed by atoms with Gasteiger partial charge in [0.1, 0.15) is 11.5 Å². The van der Waals surface area contributed by atoms with Gasteiger partial charge in [0.2, 0.25) is 0 Å². The zero-order valence-corrected chi connectivity index (χ0v) is 22.6. The number of Topliss-reactive ketones (excluding diaryl/α,β-unsaturated/α-hetero) is 1. The molecule has 0 amide bonds. The number of methoxy groups -OCH3 is 1. The van der Waals surface area contributed by atoms with E-state index < -0.39 is 0 Å². The predicted molar refractivity (Wildman–Crippen MR) is 151 cm³/mol. The molecule has 3 aliphatic rings. The average molecular weight is 530 g/mol. The maximum atomic E-state index is 14.4. The highest BCUT2D eigenvalue weighted by atomic mass is 19.1. The number of halogens is 1. The third-order valence-corrected chi connectivity index (χ3v) is 8.41. The number of aromatic hydroxyl groups is 2. The molecule has 2 unspecified atom stereocenters. The van der Waals surface area contributed by atoms with Crippen LogP contribution in [0.3, 0.4) is 0 Å². The van der Waals surface area contributed by atoms with Gasteiger partial charge in [-0.3, -0.25) is 4.79 Å². The van der Waals surface area contributed by atoms with E-state index in [0.29, 0.717) is 30.0 Å². The topological polar surface area (TPSA) is 79.1 Å². The van der Waals surface area contributed by atoms with Gasteiger partial charge in [0.25, 0.3) is 0 Å². The van der Waals surface area contributed by atoms with E-state index in [1.54, 1.807) is 32.2 Å². The second-order valence-electron chi connectivity index (χ2n) is 11.0. The van der Waals surface area contributed by atoms with Crippen LogP contribution in [0.4, 0.5) is 4.39 Å². The summed E-state index contributed by atoms with van der Waals surface area (Å²) < 4.78 is 19.8. The summed E-state index contributed by atoms with van der Waals surface area (Å²) in [5.41, 5.74) is 4.15. The molecule has 2 atom stereocenters. The van der Waals surface area contributed by atoms with E-state index in [1.807, 2.05) is 18.2 Å². The highest BCUT2D eigenvalue weighted by Crippen LogP contribution is 2.42. The number of ether oxygens (including phenoxy) is 1. The van der Waals surface area contributed by atoms with E-state index in [4.69, 9.17) is 9.73 Å². The molecule has 0 saturated heterocycles. The number of hydrogen-bond donors (Lipinski definition) is 2. The van der Waals surface area contributed by atoms with Crippen LogP contribution in [0.15, 0.2) is 71.1 Å². The summed E-state index contributed by atoms with van der Waals surface area (Å²) in [4.78, 5) is 19.3. The number of hydrogen-bond acceptors (Lipinski definition) is 5. The molecule has 1 heterocycles. The number of rotatable bonds is 9. The first-order chi connectivity index (χ1) is 18.8. The molecule has 1 aliphatic heterocycles. The third-order valence-electron chi connectivity index (χ3n) is 8.41. The van der Waals surface area contributed by atoms with Crippen LogP contribution < -0.4 is 0 Å². The summed E-state index contributed by atoms with van der Waals surface area (Å²) in [6, 6.07) is 9.74. The average Bonchev–Trinajstić information content (AvgIpc) is 3.52. The molecule has 0 spiro atoms. The number of carbonyl (C=O) groups excluding carboxylic acids is 1. The van der Waals surface area contributed by atoms with E-state index in [1.165, 1.54) is 43.9 Å². The number of ketones is 1. The largest absolute Gasteiger partial charge is 0.504 e. The van der Waals surface area contributed by atoms with Crippen LogP contribution in [0.5, 0.6) is 11.5 Å². The fourth-order valence-corrected chi connectivity index (χ4v) is 6.19. The van der Waals surface area contributed by atoms with Crippen molar-refractivity contribution < 1.29 is 24.1 Å². The van der Waals surface area contributed by atoms with Gasteiger partial charge in [0, 0.05) is 24.0 Å². The molecule has 204 valence electrons. The minimum atomic E-state index is -0.339.